The number of aliphatic carboxylic acids is 1. The van der Waals surface area contributed by atoms with Crippen LogP contribution in [0.2, 0.25) is 0 Å². The normalized spacial score (nSPS) is 11.1. The van der Waals surface area contributed by atoms with Crippen LogP contribution >= 0.6 is 0 Å². The van der Waals surface area contributed by atoms with Gasteiger partial charge < -0.3 is 15.2 Å². The third kappa shape index (κ3) is 3.87. The zero-order chi connectivity index (χ0) is 11.9. The van der Waals surface area contributed by atoms with Gasteiger partial charge in [-0.3, -0.25) is 4.79 Å². The Hall–Kier alpha value is -1.10. The molecule has 15 heavy (non-hydrogen) atoms. The van der Waals surface area contributed by atoms with Gasteiger partial charge in [0, 0.05) is 6.61 Å². The number of rotatable bonds is 7. The molecule has 0 spiro atoms. The predicted molar refractivity (Wildman–Crippen MR) is 55.6 cm³/mol. The van der Waals surface area contributed by atoms with Gasteiger partial charge in [0.05, 0.1) is 0 Å². The minimum Gasteiger partial charge on any atom is -0.480 e. The Balaban J connectivity index is 4.40. The van der Waals surface area contributed by atoms with E-state index in [1.54, 1.807) is 20.8 Å². The third-order valence-electron chi connectivity index (χ3n) is 2.43. The topological polar surface area (TPSA) is 75.6 Å². The Morgan fingerprint density at radius 2 is 1.80 bits per heavy atom. The summed E-state index contributed by atoms with van der Waals surface area (Å²) in [5.41, 5.74) is -1.16. The summed E-state index contributed by atoms with van der Waals surface area (Å²) in [5.74, 6) is -1.39. The highest BCUT2D eigenvalue weighted by molar-refractivity contribution is 5.87. The fourth-order valence-corrected chi connectivity index (χ4v) is 1.28. The van der Waals surface area contributed by atoms with Crippen LogP contribution in [0.4, 0.5) is 0 Å². The lowest BCUT2D eigenvalue weighted by Crippen LogP contribution is -2.54. The summed E-state index contributed by atoms with van der Waals surface area (Å²) in [7, 11) is 0. The van der Waals surface area contributed by atoms with Crippen molar-refractivity contribution in [3.63, 3.8) is 0 Å². The van der Waals surface area contributed by atoms with Gasteiger partial charge in [0.25, 0.3) is 0 Å². The van der Waals surface area contributed by atoms with E-state index in [-0.39, 0.29) is 12.5 Å². The van der Waals surface area contributed by atoms with Crippen molar-refractivity contribution in [2.24, 2.45) is 0 Å². The van der Waals surface area contributed by atoms with E-state index < -0.39 is 11.5 Å². The van der Waals surface area contributed by atoms with E-state index in [1.807, 2.05) is 0 Å². The summed E-state index contributed by atoms with van der Waals surface area (Å²) in [6.07, 6.45) is 0.716. The number of hydrogen-bond donors (Lipinski definition) is 2. The van der Waals surface area contributed by atoms with Gasteiger partial charge in [-0.15, -0.1) is 0 Å². The molecule has 0 saturated heterocycles. The van der Waals surface area contributed by atoms with Crippen LogP contribution < -0.4 is 5.32 Å². The fourth-order valence-electron chi connectivity index (χ4n) is 1.28. The number of carbonyl (C=O) groups excluding carboxylic acids is 1. The van der Waals surface area contributed by atoms with Crippen LogP contribution in [0.5, 0.6) is 0 Å². The van der Waals surface area contributed by atoms with Gasteiger partial charge in [-0.1, -0.05) is 13.8 Å². The van der Waals surface area contributed by atoms with E-state index in [0.29, 0.717) is 19.4 Å². The molecule has 0 aliphatic heterocycles. The molecule has 0 saturated carbocycles. The Bertz CT molecular complexity index is 223. The highest BCUT2D eigenvalue weighted by atomic mass is 16.5. The van der Waals surface area contributed by atoms with Crippen molar-refractivity contribution in [2.75, 3.05) is 13.2 Å². The first-order chi connectivity index (χ1) is 7.02. The molecule has 0 unspecified atom stereocenters. The van der Waals surface area contributed by atoms with Gasteiger partial charge in [-0.25, -0.2) is 4.79 Å². The van der Waals surface area contributed by atoms with E-state index in [0.717, 1.165) is 0 Å². The number of carbonyl (C=O) groups is 2. The van der Waals surface area contributed by atoms with Gasteiger partial charge in [0.15, 0.2) is 0 Å². The van der Waals surface area contributed by atoms with Crippen molar-refractivity contribution in [3.05, 3.63) is 0 Å². The van der Waals surface area contributed by atoms with Crippen molar-refractivity contribution in [1.29, 1.82) is 0 Å². The maximum atomic E-state index is 11.3. The molecule has 0 aliphatic rings. The Morgan fingerprint density at radius 1 is 1.27 bits per heavy atom. The standard InChI is InChI=1S/C10H19NO4/c1-4-10(5-2,9(13)14)11-8(12)7-15-6-3/h4-7H2,1-3H3,(H,11,12)(H,13,14). The zero-order valence-corrected chi connectivity index (χ0v) is 9.50. The van der Waals surface area contributed by atoms with E-state index in [9.17, 15) is 9.59 Å². The molecule has 0 aromatic carbocycles. The van der Waals surface area contributed by atoms with Crippen molar-refractivity contribution in [3.8, 4) is 0 Å². The monoisotopic (exact) mass is 217 g/mol. The lowest BCUT2D eigenvalue weighted by Gasteiger charge is -2.27. The lowest BCUT2D eigenvalue weighted by atomic mass is 9.93. The van der Waals surface area contributed by atoms with Crippen LogP contribution in [0.3, 0.4) is 0 Å². The number of nitrogens with one attached hydrogen (secondary N) is 1. The molecule has 0 radical (unpaired) electrons. The summed E-state index contributed by atoms with van der Waals surface area (Å²) in [4.78, 5) is 22.4. The smallest absolute Gasteiger partial charge is 0.329 e. The van der Waals surface area contributed by atoms with Crippen LogP contribution in [0.1, 0.15) is 33.6 Å². The molecule has 0 fully saturated rings. The Morgan fingerprint density at radius 3 is 2.13 bits per heavy atom. The summed E-state index contributed by atoms with van der Waals surface area (Å²) >= 11 is 0. The van der Waals surface area contributed by atoms with Crippen molar-refractivity contribution in [1.82, 2.24) is 5.32 Å². The number of carboxylic acids is 1. The minimum atomic E-state index is -1.16. The molecule has 2 N–H and O–H groups in total. The highest BCUT2D eigenvalue weighted by Crippen LogP contribution is 2.15. The van der Waals surface area contributed by atoms with E-state index >= 15 is 0 Å². The second-order valence-corrected chi connectivity index (χ2v) is 3.28. The summed E-state index contributed by atoms with van der Waals surface area (Å²) in [6.45, 7) is 5.59. The minimum absolute atomic E-state index is 0.0917. The van der Waals surface area contributed by atoms with E-state index in [4.69, 9.17) is 9.84 Å². The highest BCUT2D eigenvalue weighted by Gasteiger charge is 2.36. The Kier molecular flexibility index (Phi) is 5.93. The van der Waals surface area contributed by atoms with Gasteiger partial charge in [-0.05, 0) is 19.8 Å². The van der Waals surface area contributed by atoms with Crippen LogP contribution in [0.25, 0.3) is 0 Å². The molecule has 88 valence electrons. The fraction of sp³-hybridized carbons (Fsp3) is 0.800. The number of carboxylic acid groups (broad SMARTS) is 1. The molecule has 0 rings (SSSR count). The molecule has 5 heteroatoms. The first-order valence-electron chi connectivity index (χ1n) is 5.14. The van der Waals surface area contributed by atoms with Crippen LogP contribution in [0.15, 0.2) is 0 Å². The number of ether oxygens (including phenoxy) is 1. The van der Waals surface area contributed by atoms with Gasteiger partial charge in [0.2, 0.25) is 5.91 Å². The second-order valence-electron chi connectivity index (χ2n) is 3.28. The SMILES string of the molecule is CCOCC(=O)NC(CC)(CC)C(=O)O. The lowest BCUT2D eigenvalue weighted by molar-refractivity contribution is -0.148. The molecule has 0 bridgehead atoms. The molecule has 0 atom stereocenters. The van der Waals surface area contributed by atoms with Gasteiger partial charge in [0.1, 0.15) is 12.1 Å². The molecule has 0 heterocycles. The van der Waals surface area contributed by atoms with Gasteiger partial charge >= 0.3 is 5.97 Å². The summed E-state index contributed by atoms with van der Waals surface area (Å²) in [6, 6.07) is 0. The molecular weight excluding hydrogens is 198 g/mol. The molecule has 0 aliphatic carbocycles. The van der Waals surface area contributed by atoms with Gasteiger partial charge in [-0.2, -0.15) is 0 Å². The third-order valence-corrected chi connectivity index (χ3v) is 2.43. The van der Waals surface area contributed by atoms with E-state index in [2.05, 4.69) is 5.32 Å². The maximum Gasteiger partial charge on any atom is 0.329 e. The molecular formula is C10H19NO4. The molecule has 0 aromatic heterocycles. The first kappa shape index (κ1) is 13.9. The number of hydrogen-bond acceptors (Lipinski definition) is 3. The molecule has 1 amide bonds. The molecule has 0 aromatic rings. The van der Waals surface area contributed by atoms with Crippen molar-refractivity contribution < 1.29 is 19.4 Å². The van der Waals surface area contributed by atoms with E-state index in [1.165, 1.54) is 0 Å². The maximum absolute atomic E-state index is 11.3. The zero-order valence-electron chi connectivity index (χ0n) is 9.50. The van der Waals surface area contributed by atoms with Crippen molar-refractivity contribution in [2.45, 2.75) is 39.2 Å². The largest absolute Gasteiger partial charge is 0.480 e. The Labute approximate surface area is 89.8 Å². The average Bonchev–Trinajstić information content (AvgIpc) is 2.22. The molecule has 5 nitrogen and oxygen atoms in total. The predicted octanol–water partition coefficient (Wildman–Crippen LogP) is 0.782. The average molecular weight is 217 g/mol. The van der Waals surface area contributed by atoms with Crippen LogP contribution in [-0.4, -0.2) is 35.7 Å². The quantitative estimate of drug-likeness (QED) is 0.661. The van der Waals surface area contributed by atoms with Crippen LogP contribution in [-0.2, 0) is 14.3 Å². The van der Waals surface area contributed by atoms with Crippen molar-refractivity contribution >= 4 is 11.9 Å². The summed E-state index contributed by atoms with van der Waals surface area (Å²) in [5, 5.41) is 11.5. The summed E-state index contributed by atoms with van der Waals surface area (Å²) < 4.78 is 4.90. The first-order valence-corrected chi connectivity index (χ1v) is 5.14. The number of amides is 1. The van der Waals surface area contributed by atoms with Crippen LogP contribution in [0, 0.1) is 0 Å². The second kappa shape index (κ2) is 6.40.